The van der Waals surface area contributed by atoms with Crippen LogP contribution in [0, 0.1) is 29.1 Å². The molecule has 0 bridgehead atoms. The molecular weight excluding hydrogens is 323 g/mol. The molecule has 11 heteroatoms. The molecule has 0 atom stereocenters. The van der Waals surface area contributed by atoms with Crippen molar-refractivity contribution in [1.82, 2.24) is 0 Å². The van der Waals surface area contributed by atoms with E-state index in [0.717, 1.165) is 0 Å². The topological polar surface area (TPSA) is 0 Å². The molecule has 0 aliphatic rings. The second kappa shape index (κ2) is 3.62. The fraction of sp³-hybridized carbons (Fsp3) is 0.143. The van der Waals surface area contributed by atoms with Crippen molar-refractivity contribution in [1.29, 1.82) is 0 Å². The Balaban J connectivity index is 0.00000289. The van der Waals surface area contributed by atoms with E-state index in [4.69, 9.17) is 0 Å². The van der Waals surface area contributed by atoms with Gasteiger partial charge in [0.1, 0.15) is 0 Å². The lowest BCUT2D eigenvalue weighted by atomic mass is 10.3. The van der Waals surface area contributed by atoms with Crippen molar-refractivity contribution >= 4 is 19.7 Å². The number of hydrogen-bond acceptors (Lipinski definition) is 0. The van der Waals surface area contributed by atoms with E-state index in [0.29, 0.717) is 0 Å². The van der Waals surface area contributed by atoms with Crippen LogP contribution < -0.4 is 0 Å². The molecule has 0 aromatic heterocycles. The van der Waals surface area contributed by atoms with Gasteiger partial charge in [0.25, 0.3) is 9.05 Å². The molecule has 0 nitrogen and oxygen atoms in total. The van der Waals surface area contributed by atoms with E-state index in [1.54, 1.807) is 0 Å². The smallest absolute Gasteiger partial charge is 0.202 e. The van der Waals surface area contributed by atoms with Gasteiger partial charge in [-0.25, -0.2) is 22.0 Å². The van der Waals surface area contributed by atoms with Crippen molar-refractivity contribution in [3.05, 3.63) is 29.1 Å². The Morgan fingerprint density at radius 1 is 0.611 bits per heavy atom. The summed E-state index contributed by atoms with van der Waals surface area (Å²) in [6.07, 6.45) is 0. The van der Waals surface area contributed by atoms with Crippen LogP contribution in [0.3, 0.4) is 0 Å². The summed E-state index contributed by atoms with van der Waals surface area (Å²) in [5.41, 5.74) is 0. The predicted octanol–water partition coefficient (Wildman–Crippen LogP) is 5.94. The van der Waals surface area contributed by atoms with Gasteiger partial charge in [0, 0.05) is 10.7 Å². The lowest BCUT2D eigenvalue weighted by Crippen LogP contribution is -2.15. The first kappa shape index (κ1) is 17.2. The average molecular weight is 327 g/mol. The highest BCUT2D eigenvalue weighted by Gasteiger charge is 2.67. The van der Waals surface area contributed by atoms with Crippen molar-refractivity contribution in [3.63, 3.8) is 0 Å². The Morgan fingerprint density at radius 3 is 1.06 bits per heavy atom. The third kappa shape index (κ3) is 2.79. The summed E-state index contributed by atoms with van der Waals surface area (Å²) in [4.78, 5) is -3.61. The van der Waals surface area contributed by atoms with Crippen LogP contribution in [-0.4, -0.2) is 0 Å². The maximum absolute atomic E-state index is 12.7. The minimum Gasteiger partial charge on any atom is -0.202 e. The van der Waals surface area contributed by atoms with Crippen molar-refractivity contribution in [2.45, 2.75) is 12.3 Å². The molecule has 0 heterocycles. The predicted molar refractivity (Wildman–Crippen MR) is 49.1 cm³/mol. The first-order chi connectivity index (χ1) is 7.16. The van der Waals surface area contributed by atoms with Gasteiger partial charge in [-0.15, -0.1) is 15.5 Å². The van der Waals surface area contributed by atoms with Crippen LogP contribution >= 0.6 is 19.7 Å². The van der Waals surface area contributed by atoms with Crippen LogP contribution in [0.15, 0.2) is 4.90 Å². The molecule has 0 amide bonds. The fourth-order valence-electron chi connectivity index (χ4n) is 0.923. The number of halogens is 10. The van der Waals surface area contributed by atoms with Crippen molar-refractivity contribution in [3.8, 4) is 0 Å². The van der Waals surface area contributed by atoms with Gasteiger partial charge in [-0.3, -0.25) is 0 Å². The van der Waals surface area contributed by atoms with Gasteiger partial charge in [-0.05, 0) is 0 Å². The second-order valence-corrected chi connectivity index (χ2v) is 7.08. The summed E-state index contributed by atoms with van der Waals surface area (Å²) in [6, 6.07) is 0. The summed E-state index contributed by atoms with van der Waals surface area (Å²) in [5, 5.41) is 0. The summed E-state index contributed by atoms with van der Waals surface area (Å²) in [5.74, 6) is -15.5. The molecule has 0 fully saturated rings. The van der Waals surface area contributed by atoms with Crippen LogP contribution in [0.2, 0.25) is 0 Å². The minimum absolute atomic E-state index is 0. The summed E-state index contributed by atoms with van der Waals surface area (Å²) in [7, 11) is -6.55. The zero-order chi connectivity index (χ0) is 13.9. The maximum Gasteiger partial charge on any atom is 0.259 e. The highest BCUT2D eigenvalue weighted by Crippen LogP contribution is 3.04. The molecular formula is C7H4ClF9S. The Kier molecular flexibility index (Phi) is 3.47. The standard InChI is InChI=1S/C6ClF9S.CH4/c7-17(13,14,15,16)6-4(11)2(9)1(8)3(10)5(6)12;/h;1H4. The molecule has 0 aliphatic heterocycles. The zero-order valence-electron chi connectivity index (χ0n) is 7.19. The second-order valence-electron chi connectivity index (χ2n) is 2.87. The Bertz CT molecular complexity index is 476. The van der Waals surface area contributed by atoms with Crippen LogP contribution in [-0.2, 0) is 0 Å². The van der Waals surface area contributed by atoms with E-state index in [1.165, 1.54) is 0 Å². The van der Waals surface area contributed by atoms with Gasteiger partial charge in [-0.2, -0.15) is 0 Å². The van der Waals surface area contributed by atoms with E-state index in [1.807, 2.05) is 0 Å². The molecule has 1 rings (SSSR count). The molecule has 0 unspecified atom stereocenters. The van der Waals surface area contributed by atoms with Gasteiger partial charge in [-0.1, -0.05) is 7.43 Å². The molecule has 0 spiro atoms. The number of benzene rings is 1. The lowest BCUT2D eigenvalue weighted by Gasteiger charge is -2.42. The molecule has 0 saturated carbocycles. The first-order valence-corrected chi connectivity index (χ1v) is 6.30. The third-order valence-electron chi connectivity index (χ3n) is 1.56. The molecule has 0 radical (unpaired) electrons. The first-order valence-electron chi connectivity index (χ1n) is 3.42. The lowest BCUT2D eigenvalue weighted by molar-refractivity contribution is 0.345. The van der Waals surface area contributed by atoms with Crippen molar-refractivity contribution in [2.24, 2.45) is 0 Å². The maximum atomic E-state index is 12.7. The minimum atomic E-state index is -10.0. The normalized spacial score (nSPS) is 15.7. The van der Waals surface area contributed by atoms with Crippen molar-refractivity contribution in [2.75, 3.05) is 0 Å². The van der Waals surface area contributed by atoms with Crippen LogP contribution in [0.25, 0.3) is 0 Å². The molecule has 1 aromatic rings. The number of rotatable bonds is 1. The molecule has 0 N–H and O–H groups in total. The SMILES string of the molecule is C.Fc1c(F)c(F)c(S(F)(F)(F)(F)Cl)c(F)c1F. The van der Waals surface area contributed by atoms with Crippen molar-refractivity contribution < 1.29 is 37.5 Å². The van der Waals surface area contributed by atoms with Gasteiger partial charge in [0.2, 0.25) is 5.82 Å². The van der Waals surface area contributed by atoms with Gasteiger partial charge in [0.15, 0.2) is 28.2 Å². The zero-order valence-corrected chi connectivity index (χ0v) is 8.76. The summed E-state index contributed by atoms with van der Waals surface area (Å²) in [6.45, 7) is 0. The molecule has 0 aliphatic carbocycles. The molecule has 108 valence electrons. The van der Waals surface area contributed by atoms with Gasteiger partial charge in [0.05, 0.1) is 0 Å². The third-order valence-corrected chi connectivity index (χ3v) is 3.15. The Labute approximate surface area is 99.3 Å². The average Bonchev–Trinajstić information content (AvgIpc) is 2.07. The van der Waals surface area contributed by atoms with E-state index in [-0.39, 0.29) is 7.43 Å². The largest absolute Gasteiger partial charge is 0.259 e. The highest BCUT2D eigenvalue weighted by atomic mass is 35.7. The van der Waals surface area contributed by atoms with E-state index >= 15 is 0 Å². The molecule has 18 heavy (non-hydrogen) atoms. The van der Waals surface area contributed by atoms with Crippen LogP contribution in [0.4, 0.5) is 37.5 Å². The summed E-state index contributed by atoms with van der Waals surface area (Å²) >= 11 is 0. The quantitative estimate of drug-likeness (QED) is 0.340. The van der Waals surface area contributed by atoms with E-state index in [2.05, 4.69) is 10.7 Å². The number of hydrogen-bond donors (Lipinski definition) is 0. The van der Waals surface area contributed by atoms with E-state index in [9.17, 15) is 37.5 Å². The Morgan fingerprint density at radius 2 is 0.833 bits per heavy atom. The monoisotopic (exact) mass is 326 g/mol. The summed E-state index contributed by atoms with van der Waals surface area (Å²) < 4.78 is 112. The van der Waals surface area contributed by atoms with Gasteiger partial charge >= 0.3 is 0 Å². The van der Waals surface area contributed by atoms with Crippen LogP contribution in [0.5, 0.6) is 0 Å². The highest BCUT2D eigenvalue weighted by molar-refractivity contribution is 8.65. The van der Waals surface area contributed by atoms with E-state index < -0.39 is 43.0 Å². The molecule has 1 aromatic carbocycles. The van der Waals surface area contributed by atoms with Gasteiger partial charge < -0.3 is 0 Å². The molecule has 0 saturated heterocycles. The van der Waals surface area contributed by atoms with Crippen LogP contribution in [0.1, 0.15) is 7.43 Å². The fourth-order valence-corrected chi connectivity index (χ4v) is 2.19. The Hall–Kier alpha value is -0.770.